The smallest absolute Gasteiger partial charge is 0.0276 e. The zero-order valence-electron chi connectivity index (χ0n) is 3.35. The van der Waals surface area contributed by atoms with Gasteiger partial charge in [-0.15, -0.1) is 4.94 Å². The molecule has 7 nitrogen and oxygen atoms in total. The van der Waals surface area contributed by atoms with Crippen LogP contribution in [0.25, 0.3) is 0 Å². The minimum atomic E-state index is -0.250. The summed E-state index contributed by atoms with van der Waals surface area (Å²) in [7, 11) is 0. The van der Waals surface area contributed by atoms with Crippen molar-refractivity contribution in [3.05, 3.63) is 0 Å². The van der Waals surface area contributed by atoms with Gasteiger partial charge < -0.3 is 0 Å². The van der Waals surface area contributed by atoms with Crippen LogP contribution in [0.15, 0.2) is 0 Å². The highest BCUT2D eigenvalue weighted by Crippen LogP contribution is 1.69. The van der Waals surface area contributed by atoms with E-state index in [-0.39, 0.29) is 10.7 Å². The number of hydrogen-bond acceptors (Lipinski definition) is 7. The molecule has 0 aromatic carbocycles. The molecule has 44 valence electrons. The fourth-order valence-corrected chi connectivity index (χ4v) is 0.0857. The minimum absolute atomic E-state index is 0.250. The number of nitrogens with zero attached hydrogens (tertiary/aromatic N) is 2. The molecule has 0 radical (unpaired) electrons. The van der Waals surface area contributed by atoms with E-state index in [1.165, 1.54) is 0 Å². The third-order valence-corrected chi connectivity index (χ3v) is 0.167. The Morgan fingerprint density at radius 1 is 1.14 bits per heavy atom. The molecule has 0 aliphatic carbocycles. The Morgan fingerprint density at radius 2 is 1.43 bits per heavy atom. The van der Waals surface area contributed by atoms with Crippen molar-refractivity contribution in [3.63, 3.8) is 0 Å². The molecule has 0 saturated heterocycles. The maximum atomic E-state index is 7.83. The Labute approximate surface area is 39.0 Å². The number of nitrogens with two attached hydrogens (primary N) is 2. The molecule has 0 spiro atoms. The second-order valence-electron chi connectivity index (χ2n) is 0.687. The van der Waals surface area contributed by atoms with E-state index in [2.05, 4.69) is 16.6 Å². The van der Waals surface area contributed by atoms with Crippen LogP contribution in [0, 0.1) is 0 Å². The third kappa shape index (κ3) is 5.72. The van der Waals surface area contributed by atoms with Gasteiger partial charge in [-0.1, -0.05) is 0 Å². The lowest BCUT2D eigenvalue weighted by Gasteiger charge is -2.08. The Kier molecular flexibility index (Phi) is 2.71. The van der Waals surface area contributed by atoms with E-state index in [1.807, 2.05) is 0 Å². The summed E-state index contributed by atoms with van der Waals surface area (Å²) in [5.74, 6) is 8.76. The predicted octanol–water partition coefficient (Wildman–Crippen LogP) is -2.04. The fraction of sp³-hybridized carbons (Fsp3) is 0. The van der Waals surface area contributed by atoms with E-state index in [0.717, 1.165) is 0 Å². The Bertz CT molecular complexity index is 36.2. The van der Waals surface area contributed by atoms with Crippen LogP contribution in [0.1, 0.15) is 0 Å². The van der Waals surface area contributed by atoms with Crippen molar-refractivity contribution < 1.29 is 15.4 Å². The van der Waals surface area contributed by atoms with E-state index in [1.54, 1.807) is 0 Å². The van der Waals surface area contributed by atoms with Gasteiger partial charge in [0, 0.05) is 10.7 Å². The zero-order chi connectivity index (χ0) is 5.86. The van der Waals surface area contributed by atoms with Crippen LogP contribution in [0.2, 0.25) is 0 Å². The fourth-order valence-electron chi connectivity index (χ4n) is 0.0857. The maximum Gasteiger partial charge on any atom is 0.0276 e. The molecule has 0 unspecified atom stereocenters. The van der Waals surface area contributed by atoms with Crippen LogP contribution in [-0.2, 0) is 4.94 Å². The Balaban J connectivity index is 2.95. The SMILES string of the molecule is NN(O)ON(N)O. The van der Waals surface area contributed by atoms with Gasteiger partial charge in [-0.05, 0) is 0 Å². The molecule has 0 aromatic heterocycles. The van der Waals surface area contributed by atoms with Gasteiger partial charge in [-0.25, -0.2) is 11.7 Å². The topological polar surface area (TPSA) is 108 Å². The first-order valence-corrected chi connectivity index (χ1v) is 1.28. The van der Waals surface area contributed by atoms with Crippen LogP contribution in [0.3, 0.4) is 0 Å². The normalized spacial score (nSPS) is 11.1. The first-order chi connectivity index (χ1) is 3.13. The van der Waals surface area contributed by atoms with Gasteiger partial charge in [0.15, 0.2) is 0 Å². The van der Waals surface area contributed by atoms with Crippen LogP contribution in [0.5, 0.6) is 0 Å². The van der Waals surface area contributed by atoms with Crippen molar-refractivity contribution in [1.82, 2.24) is 10.7 Å². The third-order valence-electron chi connectivity index (χ3n) is 0.167. The molecule has 7 heteroatoms. The van der Waals surface area contributed by atoms with Gasteiger partial charge in [0.05, 0.1) is 0 Å². The Morgan fingerprint density at radius 3 is 1.43 bits per heavy atom. The van der Waals surface area contributed by atoms with Crippen LogP contribution in [0.4, 0.5) is 0 Å². The van der Waals surface area contributed by atoms with Crippen LogP contribution in [-0.4, -0.2) is 21.1 Å². The maximum absolute atomic E-state index is 7.83. The van der Waals surface area contributed by atoms with Crippen molar-refractivity contribution in [2.45, 2.75) is 0 Å². The summed E-state index contributed by atoms with van der Waals surface area (Å²) >= 11 is 0. The molecule has 6 N–H and O–H groups in total. The molecule has 0 bridgehead atoms. The van der Waals surface area contributed by atoms with Gasteiger partial charge in [-0.2, -0.15) is 0 Å². The molecule has 0 aromatic rings. The average molecular weight is 110 g/mol. The van der Waals surface area contributed by atoms with E-state index < -0.39 is 0 Å². The molecule has 0 amide bonds. The van der Waals surface area contributed by atoms with Gasteiger partial charge in [0.25, 0.3) is 0 Å². The van der Waals surface area contributed by atoms with Gasteiger partial charge >= 0.3 is 0 Å². The van der Waals surface area contributed by atoms with E-state index >= 15 is 0 Å². The van der Waals surface area contributed by atoms with Gasteiger partial charge in [0.1, 0.15) is 0 Å². The summed E-state index contributed by atoms with van der Waals surface area (Å²) in [5, 5.41) is 15.2. The molecule has 0 saturated carbocycles. The molecule has 0 aliphatic heterocycles. The standard InChI is InChI=1S/H6N4O3/c1-3(5)7-4(2)6/h5-6H,1-2H2. The highest BCUT2D eigenvalue weighted by molar-refractivity contribution is 3.68. The average Bonchev–Trinajstić information content (AvgIpc) is 1.27. The monoisotopic (exact) mass is 110 g/mol. The van der Waals surface area contributed by atoms with Gasteiger partial charge in [0.2, 0.25) is 0 Å². The quantitative estimate of drug-likeness (QED) is 0.239. The first-order valence-electron chi connectivity index (χ1n) is 1.28. The van der Waals surface area contributed by atoms with Crippen molar-refractivity contribution in [1.29, 1.82) is 0 Å². The van der Waals surface area contributed by atoms with Crippen molar-refractivity contribution in [2.75, 3.05) is 0 Å². The van der Waals surface area contributed by atoms with Crippen LogP contribution >= 0.6 is 0 Å². The summed E-state index contributed by atoms with van der Waals surface area (Å²) in [4.78, 5) is 3.58. The van der Waals surface area contributed by atoms with E-state index in [9.17, 15) is 0 Å². The lowest BCUT2D eigenvalue weighted by atomic mass is 12.5. The second-order valence-corrected chi connectivity index (χ2v) is 0.687. The summed E-state index contributed by atoms with van der Waals surface area (Å²) in [6, 6.07) is 0. The molecule has 7 heavy (non-hydrogen) atoms. The predicted molar refractivity (Wildman–Crippen MR) is 16.7 cm³/mol. The molecule has 0 aliphatic rings. The number of hydrogen-bond donors (Lipinski definition) is 4. The lowest BCUT2D eigenvalue weighted by molar-refractivity contribution is -0.515. The molecular formula is H6N4O3. The molecule has 0 fully saturated rings. The number of rotatable bonds is 2. The van der Waals surface area contributed by atoms with E-state index in [0.29, 0.717) is 0 Å². The van der Waals surface area contributed by atoms with E-state index in [4.69, 9.17) is 10.4 Å². The minimum Gasteiger partial charge on any atom is -0.274 e. The van der Waals surface area contributed by atoms with Crippen molar-refractivity contribution >= 4 is 0 Å². The summed E-state index contributed by atoms with van der Waals surface area (Å²) in [5.41, 5.74) is 0. The highest BCUT2D eigenvalue weighted by atomic mass is 17.1. The zero-order valence-corrected chi connectivity index (χ0v) is 3.35. The molecule has 0 rings (SSSR count). The highest BCUT2D eigenvalue weighted by Gasteiger charge is 1.93. The first kappa shape index (κ1) is 6.72. The second kappa shape index (κ2) is 2.82. The lowest BCUT2D eigenvalue weighted by Crippen LogP contribution is -2.39. The molecule has 0 atom stereocenters. The van der Waals surface area contributed by atoms with Gasteiger partial charge in [-0.3, -0.25) is 10.4 Å². The van der Waals surface area contributed by atoms with Crippen LogP contribution < -0.4 is 11.7 Å². The van der Waals surface area contributed by atoms with Crippen molar-refractivity contribution in [3.8, 4) is 0 Å². The van der Waals surface area contributed by atoms with Crippen molar-refractivity contribution in [2.24, 2.45) is 11.7 Å². The molecular weight excluding hydrogens is 104 g/mol. The summed E-state index contributed by atoms with van der Waals surface area (Å²) in [6.07, 6.45) is 0. The Hall–Kier alpha value is -0.280. The summed E-state index contributed by atoms with van der Waals surface area (Å²) in [6.45, 7) is 0. The largest absolute Gasteiger partial charge is 0.274 e. The molecule has 0 heterocycles. The summed E-state index contributed by atoms with van der Waals surface area (Å²) < 4.78 is 0. The number of hydrazine groups is 2.